The number of hydrogen-bond donors (Lipinski definition) is 2. The molecule has 0 aliphatic carbocycles. The van der Waals surface area contributed by atoms with E-state index in [1.54, 1.807) is 0 Å². The van der Waals surface area contributed by atoms with Crippen LogP contribution in [0.4, 0.5) is 4.79 Å². The van der Waals surface area contributed by atoms with Gasteiger partial charge in [-0.15, -0.1) is 0 Å². The molecule has 1 saturated heterocycles. The second-order valence-electron chi connectivity index (χ2n) is 5.59. The Balaban J connectivity index is 2.32. The Morgan fingerprint density at radius 1 is 1.50 bits per heavy atom. The average Bonchev–Trinajstić information content (AvgIpc) is 2.16. The van der Waals surface area contributed by atoms with E-state index >= 15 is 0 Å². The summed E-state index contributed by atoms with van der Waals surface area (Å²) in [6.07, 6.45) is 1.97. The fourth-order valence-electron chi connectivity index (χ4n) is 1.88. The van der Waals surface area contributed by atoms with Gasteiger partial charge < -0.3 is 15.4 Å². The van der Waals surface area contributed by atoms with Crippen LogP contribution in [0.15, 0.2) is 0 Å². The van der Waals surface area contributed by atoms with E-state index in [2.05, 4.69) is 10.6 Å². The van der Waals surface area contributed by atoms with Gasteiger partial charge in [0.15, 0.2) is 0 Å². The molecular weight excluding hydrogens is 204 g/mol. The second-order valence-corrected chi connectivity index (χ2v) is 5.59. The van der Waals surface area contributed by atoms with Crippen LogP contribution in [-0.2, 0) is 4.74 Å². The maximum Gasteiger partial charge on any atom is 0.407 e. The molecule has 0 saturated carbocycles. The first kappa shape index (κ1) is 13.3. The number of nitrogens with one attached hydrogen (secondary N) is 2. The van der Waals surface area contributed by atoms with Crippen LogP contribution in [0, 0.1) is 5.92 Å². The third-order valence-electron chi connectivity index (χ3n) is 2.77. The van der Waals surface area contributed by atoms with Gasteiger partial charge >= 0.3 is 6.09 Å². The lowest BCUT2D eigenvalue weighted by Crippen LogP contribution is -2.44. The average molecular weight is 228 g/mol. The Labute approximate surface area is 98.1 Å². The van der Waals surface area contributed by atoms with Crippen LogP contribution in [0.3, 0.4) is 0 Å². The lowest BCUT2D eigenvalue weighted by Gasteiger charge is -2.29. The molecule has 2 atom stereocenters. The summed E-state index contributed by atoms with van der Waals surface area (Å²) in [5.74, 6) is 0.444. The smallest absolute Gasteiger partial charge is 0.407 e. The minimum Gasteiger partial charge on any atom is -0.446 e. The largest absolute Gasteiger partial charge is 0.446 e. The highest BCUT2D eigenvalue weighted by Crippen LogP contribution is 2.17. The molecule has 1 amide bonds. The number of carbonyl (C=O) groups is 1. The van der Waals surface area contributed by atoms with Gasteiger partial charge in [0, 0.05) is 18.0 Å². The highest BCUT2D eigenvalue weighted by atomic mass is 16.6. The maximum atomic E-state index is 11.6. The summed E-state index contributed by atoms with van der Waals surface area (Å²) in [4.78, 5) is 11.6. The summed E-state index contributed by atoms with van der Waals surface area (Å²) in [7, 11) is 0. The minimum atomic E-state index is -0.314. The molecule has 1 heterocycles. The molecule has 1 aliphatic heterocycles. The molecule has 1 aliphatic rings. The highest BCUT2D eigenvalue weighted by Gasteiger charge is 2.24. The molecule has 0 bridgehead atoms. The fraction of sp³-hybridized carbons (Fsp3) is 0.917. The van der Waals surface area contributed by atoms with Crippen molar-refractivity contribution in [2.45, 2.75) is 52.2 Å². The zero-order valence-electron chi connectivity index (χ0n) is 10.8. The zero-order valence-corrected chi connectivity index (χ0v) is 10.8. The van der Waals surface area contributed by atoms with Gasteiger partial charge in [0.2, 0.25) is 0 Å². The number of hydrogen-bond acceptors (Lipinski definition) is 3. The maximum absolute atomic E-state index is 11.6. The number of piperidine rings is 1. The van der Waals surface area contributed by atoms with Gasteiger partial charge in [-0.1, -0.05) is 0 Å². The van der Waals surface area contributed by atoms with Crippen molar-refractivity contribution in [3.63, 3.8) is 0 Å². The Bertz CT molecular complexity index is 230. The SMILES string of the molecule is CC(OC(=O)NC(C)(C)C)[C@@H]1CCCNC1. The molecule has 16 heavy (non-hydrogen) atoms. The molecule has 0 aromatic rings. The van der Waals surface area contributed by atoms with Gasteiger partial charge in [0.1, 0.15) is 6.10 Å². The van der Waals surface area contributed by atoms with Crippen molar-refractivity contribution in [3.05, 3.63) is 0 Å². The lowest BCUT2D eigenvalue weighted by atomic mass is 9.95. The molecular formula is C12H24N2O2. The summed E-state index contributed by atoms with van der Waals surface area (Å²) >= 11 is 0. The van der Waals surface area contributed by atoms with Gasteiger partial charge in [0.05, 0.1) is 0 Å². The molecule has 1 rings (SSSR count). The standard InChI is InChI=1S/C12H24N2O2/c1-9(10-6-5-7-13-8-10)16-11(15)14-12(2,3)4/h9-10,13H,5-8H2,1-4H3,(H,14,15)/t9?,10-/m1/s1. The van der Waals surface area contributed by atoms with Gasteiger partial charge in [-0.25, -0.2) is 4.79 Å². The molecule has 1 fully saturated rings. The van der Waals surface area contributed by atoms with E-state index in [1.807, 2.05) is 27.7 Å². The summed E-state index contributed by atoms with van der Waals surface area (Å²) < 4.78 is 5.38. The van der Waals surface area contributed by atoms with Crippen molar-refractivity contribution in [1.82, 2.24) is 10.6 Å². The number of alkyl carbamates (subject to hydrolysis) is 1. The molecule has 4 heteroatoms. The molecule has 0 spiro atoms. The molecule has 0 radical (unpaired) electrons. The van der Waals surface area contributed by atoms with Crippen LogP contribution in [0.25, 0.3) is 0 Å². The molecule has 2 N–H and O–H groups in total. The Hall–Kier alpha value is -0.770. The predicted octanol–water partition coefficient (Wildman–Crippen LogP) is 1.90. The van der Waals surface area contributed by atoms with Crippen molar-refractivity contribution in [1.29, 1.82) is 0 Å². The van der Waals surface area contributed by atoms with Crippen molar-refractivity contribution < 1.29 is 9.53 Å². The number of rotatable bonds is 2. The Kier molecular flexibility index (Phi) is 4.59. The second kappa shape index (κ2) is 5.53. The first-order chi connectivity index (χ1) is 7.38. The van der Waals surface area contributed by atoms with E-state index in [9.17, 15) is 4.79 Å². The molecule has 0 aromatic carbocycles. The van der Waals surface area contributed by atoms with E-state index in [0.717, 1.165) is 19.5 Å². The predicted molar refractivity (Wildman–Crippen MR) is 64.4 cm³/mol. The topological polar surface area (TPSA) is 50.4 Å². The number of ether oxygens (including phenoxy) is 1. The van der Waals surface area contributed by atoms with Crippen LogP contribution in [0.1, 0.15) is 40.5 Å². The summed E-state index contributed by atoms with van der Waals surface area (Å²) in [6, 6.07) is 0. The van der Waals surface area contributed by atoms with Crippen LogP contribution in [0.5, 0.6) is 0 Å². The summed E-state index contributed by atoms with van der Waals surface area (Å²) in [5, 5.41) is 6.13. The van der Waals surface area contributed by atoms with Gasteiger partial charge in [0.25, 0.3) is 0 Å². The zero-order chi connectivity index (χ0) is 12.2. The molecule has 4 nitrogen and oxygen atoms in total. The molecule has 1 unspecified atom stereocenters. The van der Waals surface area contributed by atoms with Crippen LogP contribution >= 0.6 is 0 Å². The van der Waals surface area contributed by atoms with Gasteiger partial charge in [-0.2, -0.15) is 0 Å². The highest BCUT2D eigenvalue weighted by molar-refractivity contribution is 5.68. The Morgan fingerprint density at radius 2 is 2.19 bits per heavy atom. The van der Waals surface area contributed by atoms with Crippen LogP contribution in [0.2, 0.25) is 0 Å². The van der Waals surface area contributed by atoms with E-state index in [0.29, 0.717) is 5.92 Å². The van der Waals surface area contributed by atoms with E-state index in [-0.39, 0.29) is 17.7 Å². The quantitative estimate of drug-likeness (QED) is 0.759. The first-order valence-corrected chi connectivity index (χ1v) is 6.08. The fourth-order valence-corrected chi connectivity index (χ4v) is 1.88. The van der Waals surface area contributed by atoms with E-state index in [1.165, 1.54) is 6.42 Å². The van der Waals surface area contributed by atoms with Crippen LogP contribution in [-0.4, -0.2) is 30.8 Å². The molecule has 94 valence electrons. The minimum absolute atomic E-state index is 0.0184. The number of carbonyl (C=O) groups excluding carboxylic acids is 1. The summed E-state index contributed by atoms with van der Waals surface area (Å²) in [5.41, 5.74) is -0.235. The summed E-state index contributed by atoms with van der Waals surface area (Å²) in [6.45, 7) is 9.84. The normalized spacial score (nSPS) is 23.6. The Morgan fingerprint density at radius 3 is 2.69 bits per heavy atom. The van der Waals surface area contributed by atoms with E-state index in [4.69, 9.17) is 4.74 Å². The number of amides is 1. The van der Waals surface area contributed by atoms with Crippen molar-refractivity contribution in [2.24, 2.45) is 5.92 Å². The van der Waals surface area contributed by atoms with Crippen molar-refractivity contribution in [3.8, 4) is 0 Å². The van der Waals surface area contributed by atoms with Crippen molar-refractivity contribution in [2.75, 3.05) is 13.1 Å². The van der Waals surface area contributed by atoms with E-state index < -0.39 is 0 Å². The third-order valence-corrected chi connectivity index (χ3v) is 2.77. The lowest BCUT2D eigenvalue weighted by molar-refractivity contribution is 0.0595. The third kappa shape index (κ3) is 4.84. The molecule has 0 aromatic heterocycles. The van der Waals surface area contributed by atoms with Crippen molar-refractivity contribution >= 4 is 6.09 Å². The van der Waals surface area contributed by atoms with Gasteiger partial charge in [-0.3, -0.25) is 0 Å². The first-order valence-electron chi connectivity index (χ1n) is 6.08. The van der Waals surface area contributed by atoms with Gasteiger partial charge in [-0.05, 0) is 47.1 Å². The monoisotopic (exact) mass is 228 g/mol. The van der Waals surface area contributed by atoms with Crippen LogP contribution < -0.4 is 10.6 Å².